The van der Waals surface area contributed by atoms with Gasteiger partial charge in [0.05, 0.1) is 18.7 Å². The molecule has 0 aliphatic heterocycles. The van der Waals surface area contributed by atoms with Crippen LogP contribution in [0.1, 0.15) is 12.8 Å². The van der Waals surface area contributed by atoms with E-state index in [1.807, 2.05) is 0 Å². The van der Waals surface area contributed by atoms with E-state index < -0.39 is 23.7 Å². The lowest BCUT2D eigenvalue weighted by Gasteiger charge is -2.29. The normalized spacial score (nSPS) is 21.3. The maximum absolute atomic E-state index is 12.4. The average Bonchev–Trinajstić information content (AvgIpc) is 2.47. The molecule has 2 atom stereocenters. The van der Waals surface area contributed by atoms with Crippen molar-refractivity contribution >= 4 is 29.2 Å². The average molecular weight is 309 g/mol. The second-order valence-corrected chi connectivity index (χ2v) is 5.30. The molecule has 0 bridgehead atoms. The van der Waals surface area contributed by atoms with Gasteiger partial charge in [0.2, 0.25) is 5.91 Å². The van der Waals surface area contributed by atoms with Gasteiger partial charge in [0.25, 0.3) is 0 Å². The lowest BCUT2D eigenvalue weighted by Crippen LogP contribution is -2.42. The Morgan fingerprint density at radius 3 is 2.71 bits per heavy atom. The Bertz CT molecular complexity index is 585. The van der Waals surface area contributed by atoms with Crippen molar-refractivity contribution in [1.29, 1.82) is 0 Å². The monoisotopic (exact) mass is 308 g/mol. The van der Waals surface area contributed by atoms with Crippen LogP contribution in [0.25, 0.3) is 0 Å². The summed E-state index contributed by atoms with van der Waals surface area (Å²) in [5.74, 6) is -2.76. The minimum atomic E-state index is -1.24. The number of halogens is 1. The largest absolute Gasteiger partial charge is 0.550 e. The SMILES string of the molecule is COc1ccccc1NC(=O)C1CC(Cl)=CCC1C(=O)[O-]. The molecule has 1 aromatic carbocycles. The van der Waals surface area contributed by atoms with Crippen LogP contribution >= 0.6 is 11.6 Å². The Kier molecular flexibility index (Phi) is 4.85. The van der Waals surface area contributed by atoms with Gasteiger partial charge in [-0.05, 0) is 25.0 Å². The fourth-order valence-corrected chi connectivity index (χ4v) is 2.62. The molecule has 1 N–H and O–H groups in total. The summed E-state index contributed by atoms with van der Waals surface area (Å²) in [5.41, 5.74) is 0.493. The number of carbonyl (C=O) groups excluding carboxylic acids is 2. The zero-order valence-electron chi connectivity index (χ0n) is 11.5. The van der Waals surface area contributed by atoms with Gasteiger partial charge in [0, 0.05) is 16.9 Å². The highest BCUT2D eigenvalue weighted by Crippen LogP contribution is 2.33. The standard InChI is InChI=1S/C15H16ClNO4/c1-21-13-5-3-2-4-12(13)17-14(18)11-8-9(16)6-7-10(11)15(19)20/h2-6,10-11H,7-8H2,1H3,(H,17,18)(H,19,20)/p-1. The van der Waals surface area contributed by atoms with E-state index in [4.69, 9.17) is 16.3 Å². The zero-order valence-corrected chi connectivity index (χ0v) is 12.2. The van der Waals surface area contributed by atoms with E-state index in [0.29, 0.717) is 16.5 Å². The molecule has 2 unspecified atom stereocenters. The third-order valence-electron chi connectivity index (χ3n) is 3.50. The first-order chi connectivity index (χ1) is 10.0. The number of aliphatic carboxylic acids is 1. The number of carboxylic acids is 1. The van der Waals surface area contributed by atoms with Crippen molar-refractivity contribution in [1.82, 2.24) is 0 Å². The summed E-state index contributed by atoms with van der Waals surface area (Å²) >= 11 is 5.93. The van der Waals surface area contributed by atoms with Crippen LogP contribution in [0.3, 0.4) is 0 Å². The van der Waals surface area contributed by atoms with Crippen LogP contribution in [0, 0.1) is 11.8 Å². The van der Waals surface area contributed by atoms with Crippen LogP contribution in [0.2, 0.25) is 0 Å². The van der Waals surface area contributed by atoms with Gasteiger partial charge < -0.3 is 20.0 Å². The van der Waals surface area contributed by atoms with Gasteiger partial charge in [0.15, 0.2) is 0 Å². The van der Waals surface area contributed by atoms with Gasteiger partial charge in [0.1, 0.15) is 5.75 Å². The summed E-state index contributed by atoms with van der Waals surface area (Å²) in [7, 11) is 1.50. The lowest BCUT2D eigenvalue weighted by molar-refractivity contribution is -0.313. The van der Waals surface area contributed by atoms with Gasteiger partial charge in [-0.15, -0.1) is 0 Å². The van der Waals surface area contributed by atoms with Gasteiger partial charge in [-0.3, -0.25) is 4.79 Å². The van der Waals surface area contributed by atoms with Crippen LogP contribution in [-0.2, 0) is 9.59 Å². The lowest BCUT2D eigenvalue weighted by atomic mass is 9.82. The van der Waals surface area contributed by atoms with E-state index in [-0.39, 0.29) is 12.8 Å². The highest BCUT2D eigenvalue weighted by Gasteiger charge is 2.32. The maximum atomic E-state index is 12.4. The second-order valence-electron chi connectivity index (χ2n) is 4.81. The number of hydrogen-bond acceptors (Lipinski definition) is 4. The van der Waals surface area contributed by atoms with Crippen molar-refractivity contribution in [2.24, 2.45) is 11.8 Å². The number of rotatable bonds is 4. The summed E-state index contributed by atoms with van der Waals surface area (Å²) in [6.07, 6.45) is 2.02. The summed E-state index contributed by atoms with van der Waals surface area (Å²) in [6, 6.07) is 6.92. The topological polar surface area (TPSA) is 78.5 Å². The molecule has 0 heterocycles. The number of methoxy groups -OCH3 is 1. The maximum Gasteiger partial charge on any atom is 0.228 e. The summed E-state index contributed by atoms with van der Waals surface area (Å²) in [4.78, 5) is 23.5. The molecule has 0 radical (unpaired) electrons. The zero-order chi connectivity index (χ0) is 15.4. The number of para-hydroxylation sites is 2. The predicted molar refractivity (Wildman–Crippen MR) is 76.8 cm³/mol. The Morgan fingerprint density at radius 2 is 2.05 bits per heavy atom. The molecule has 112 valence electrons. The molecular weight excluding hydrogens is 294 g/mol. The Balaban J connectivity index is 2.18. The van der Waals surface area contributed by atoms with Gasteiger partial charge >= 0.3 is 0 Å². The molecule has 1 amide bonds. The number of carboxylic acid groups (broad SMARTS) is 1. The van der Waals surface area contributed by atoms with E-state index in [0.717, 1.165) is 0 Å². The van der Waals surface area contributed by atoms with Crippen molar-refractivity contribution < 1.29 is 19.4 Å². The van der Waals surface area contributed by atoms with E-state index >= 15 is 0 Å². The van der Waals surface area contributed by atoms with Crippen molar-refractivity contribution in [2.75, 3.05) is 12.4 Å². The van der Waals surface area contributed by atoms with E-state index in [1.165, 1.54) is 7.11 Å². The van der Waals surface area contributed by atoms with Crippen LogP contribution < -0.4 is 15.2 Å². The summed E-state index contributed by atoms with van der Waals surface area (Å²) in [5, 5.41) is 14.4. The number of benzene rings is 1. The number of anilines is 1. The minimum absolute atomic E-state index is 0.196. The van der Waals surface area contributed by atoms with Gasteiger partial charge in [-0.2, -0.15) is 0 Å². The highest BCUT2D eigenvalue weighted by atomic mass is 35.5. The molecule has 0 fully saturated rings. The first-order valence-corrected chi connectivity index (χ1v) is 6.90. The number of allylic oxidation sites excluding steroid dienone is 2. The molecule has 5 nitrogen and oxygen atoms in total. The molecule has 0 saturated carbocycles. The van der Waals surface area contributed by atoms with Crippen molar-refractivity contribution in [3.8, 4) is 5.75 Å². The molecule has 21 heavy (non-hydrogen) atoms. The van der Waals surface area contributed by atoms with Gasteiger partial charge in [-0.25, -0.2) is 0 Å². The molecule has 1 aliphatic rings. The number of ether oxygens (including phenoxy) is 1. The van der Waals surface area contributed by atoms with E-state index in [1.54, 1.807) is 30.3 Å². The molecular formula is C15H15ClNO4-. The molecule has 1 aromatic rings. The summed E-state index contributed by atoms with van der Waals surface area (Å²) < 4.78 is 5.15. The Morgan fingerprint density at radius 1 is 1.33 bits per heavy atom. The van der Waals surface area contributed by atoms with Crippen molar-refractivity contribution in [2.45, 2.75) is 12.8 Å². The molecule has 1 aliphatic carbocycles. The van der Waals surface area contributed by atoms with Crippen LogP contribution in [-0.4, -0.2) is 19.0 Å². The quantitative estimate of drug-likeness (QED) is 0.915. The molecule has 6 heteroatoms. The van der Waals surface area contributed by atoms with E-state index in [2.05, 4.69) is 5.32 Å². The summed E-state index contributed by atoms with van der Waals surface area (Å²) in [6.45, 7) is 0. The fourth-order valence-electron chi connectivity index (χ4n) is 2.36. The number of nitrogens with one attached hydrogen (secondary N) is 1. The molecule has 0 spiro atoms. The fraction of sp³-hybridized carbons (Fsp3) is 0.333. The molecule has 2 rings (SSSR count). The van der Waals surface area contributed by atoms with E-state index in [9.17, 15) is 14.7 Å². The van der Waals surface area contributed by atoms with Gasteiger partial charge in [-0.1, -0.05) is 29.8 Å². The first kappa shape index (κ1) is 15.4. The number of hydrogen-bond donors (Lipinski definition) is 1. The second kappa shape index (κ2) is 6.63. The smallest absolute Gasteiger partial charge is 0.228 e. The Labute approximate surface area is 127 Å². The predicted octanol–water partition coefficient (Wildman–Crippen LogP) is 1.53. The van der Waals surface area contributed by atoms with Crippen LogP contribution in [0.15, 0.2) is 35.4 Å². The molecule has 0 saturated heterocycles. The Hall–Kier alpha value is -2.01. The van der Waals surface area contributed by atoms with Crippen LogP contribution in [0.4, 0.5) is 5.69 Å². The third kappa shape index (κ3) is 3.55. The third-order valence-corrected chi connectivity index (χ3v) is 3.81. The van der Waals surface area contributed by atoms with Crippen molar-refractivity contribution in [3.05, 3.63) is 35.4 Å². The van der Waals surface area contributed by atoms with Crippen molar-refractivity contribution in [3.63, 3.8) is 0 Å². The van der Waals surface area contributed by atoms with Crippen LogP contribution in [0.5, 0.6) is 5.75 Å². The number of amides is 1. The molecule has 0 aromatic heterocycles. The number of carbonyl (C=O) groups is 2. The first-order valence-electron chi connectivity index (χ1n) is 6.52. The minimum Gasteiger partial charge on any atom is -0.550 e. The highest BCUT2D eigenvalue weighted by molar-refractivity contribution is 6.29.